The second kappa shape index (κ2) is 6.96. The maximum Gasteiger partial charge on any atom is 0.308 e. The number of likely N-dealkylation sites (tertiary alicyclic amines) is 1. The van der Waals surface area contributed by atoms with Crippen molar-refractivity contribution in [3.8, 4) is 0 Å². The number of rotatable bonds is 3. The van der Waals surface area contributed by atoms with E-state index in [1.165, 1.54) is 6.08 Å². The van der Waals surface area contributed by atoms with E-state index < -0.39 is 11.9 Å². The van der Waals surface area contributed by atoms with Gasteiger partial charge < -0.3 is 10.0 Å². The molecule has 0 spiro atoms. The molecule has 1 aliphatic rings. The summed E-state index contributed by atoms with van der Waals surface area (Å²) in [6.07, 6.45) is 4.38. The van der Waals surface area contributed by atoms with Gasteiger partial charge in [-0.05, 0) is 42.7 Å². The first kappa shape index (κ1) is 15.9. The zero-order valence-electron chi connectivity index (χ0n) is 11.3. The van der Waals surface area contributed by atoms with E-state index in [-0.39, 0.29) is 12.5 Å². The number of carboxylic acids is 1. The topological polar surface area (TPSA) is 57.6 Å². The van der Waals surface area contributed by atoms with Gasteiger partial charge in [-0.3, -0.25) is 9.59 Å². The lowest BCUT2D eigenvalue weighted by molar-refractivity contribution is -0.144. The molecule has 1 atom stereocenters. The molecule has 1 N–H and O–H groups in total. The van der Waals surface area contributed by atoms with Gasteiger partial charge in [0.25, 0.3) is 0 Å². The lowest BCUT2D eigenvalue weighted by Crippen LogP contribution is -2.41. The molecule has 2 rings (SSSR count). The van der Waals surface area contributed by atoms with Gasteiger partial charge in [-0.25, -0.2) is 0 Å². The molecule has 1 amide bonds. The number of nitrogens with zero attached hydrogens (tertiary/aromatic N) is 1. The van der Waals surface area contributed by atoms with Gasteiger partial charge in [0, 0.05) is 29.2 Å². The fourth-order valence-corrected chi connectivity index (χ4v) is 2.87. The van der Waals surface area contributed by atoms with Gasteiger partial charge in [0.1, 0.15) is 0 Å². The maximum absolute atomic E-state index is 12.1. The molecule has 1 aliphatic heterocycles. The Morgan fingerprint density at radius 3 is 2.52 bits per heavy atom. The first-order chi connectivity index (χ1) is 9.95. The molecule has 1 aromatic carbocycles. The van der Waals surface area contributed by atoms with Gasteiger partial charge in [0.15, 0.2) is 0 Å². The van der Waals surface area contributed by atoms with Crippen molar-refractivity contribution in [1.29, 1.82) is 0 Å². The average Bonchev–Trinajstić information content (AvgIpc) is 2.44. The first-order valence-electron chi connectivity index (χ1n) is 6.61. The van der Waals surface area contributed by atoms with Crippen LogP contribution in [0.5, 0.6) is 0 Å². The van der Waals surface area contributed by atoms with Crippen molar-refractivity contribution in [1.82, 2.24) is 4.90 Å². The smallest absolute Gasteiger partial charge is 0.308 e. The van der Waals surface area contributed by atoms with Crippen molar-refractivity contribution in [3.63, 3.8) is 0 Å². The largest absolute Gasteiger partial charge is 0.481 e. The van der Waals surface area contributed by atoms with Crippen LogP contribution >= 0.6 is 23.2 Å². The number of carbonyl (C=O) groups is 2. The molecule has 6 heteroatoms. The van der Waals surface area contributed by atoms with Crippen LogP contribution in [-0.4, -0.2) is 35.0 Å². The molecule has 1 fully saturated rings. The SMILES string of the molecule is O=C(O)[C@@H]1CCCN(C(=O)/C=C/c2cc(Cl)cc(Cl)c2)C1. The summed E-state index contributed by atoms with van der Waals surface area (Å²) in [4.78, 5) is 24.6. The lowest BCUT2D eigenvalue weighted by Gasteiger charge is -2.29. The number of amides is 1. The first-order valence-corrected chi connectivity index (χ1v) is 7.37. The predicted octanol–water partition coefficient (Wildman–Crippen LogP) is 3.33. The van der Waals surface area contributed by atoms with Crippen molar-refractivity contribution in [2.45, 2.75) is 12.8 Å². The minimum absolute atomic E-state index is 0.197. The standard InChI is InChI=1S/C15H15Cl2NO3/c16-12-6-10(7-13(17)8-12)3-4-14(19)18-5-1-2-11(9-18)15(20)21/h3-4,6-8,11H,1-2,5,9H2,(H,20,21)/b4-3+/t11-/m1/s1. The highest BCUT2D eigenvalue weighted by atomic mass is 35.5. The fourth-order valence-electron chi connectivity index (χ4n) is 2.32. The zero-order chi connectivity index (χ0) is 15.4. The van der Waals surface area contributed by atoms with Crippen LogP contribution in [0.2, 0.25) is 10.0 Å². The highest BCUT2D eigenvalue weighted by Crippen LogP contribution is 2.20. The van der Waals surface area contributed by atoms with E-state index in [1.54, 1.807) is 29.2 Å². The number of carboxylic acid groups (broad SMARTS) is 1. The Morgan fingerprint density at radius 2 is 1.90 bits per heavy atom. The van der Waals surface area contributed by atoms with Gasteiger partial charge in [0.2, 0.25) is 5.91 Å². The van der Waals surface area contributed by atoms with Gasteiger partial charge in [0.05, 0.1) is 5.92 Å². The molecule has 0 aliphatic carbocycles. The third-order valence-electron chi connectivity index (χ3n) is 3.39. The Morgan fingerprint density at radius 1 is 1.24 bits per heavy atom. The molecule has 1 heterocycles. The predicted molar refractivity (Wildman–Crippen MR) is 82.4 cm³/mol. The van der Waals surface area contributed by atoms with Crippen LogP contribution < -0.4 is 0 Å². The highest BCUT2D eigenvalue weighted by Gasteiger charge is 2.27. The lowest BCUT2D eigenvalue weighted by atomic mass is 9.98. The number of benzene rings is 1. The van der Waals surface area contributed by atoms with Gasteiger partial charge in [-0.1, -0.05) is 23.2 Å². The van der Waals surface area contributed by atoms with E-state index >= 15 is 0 Å². The molecule has 4 nitrogen and oxygen atoms in total. The summed E-state index contributed by atoms with van der Waals surface area (Å²) in [5.41, 5.74) is 0.729. The average molecular weight is 328 g/mol. The van der Waals surface area contributed by atoms with Crippen molar-refractivity contribution in [3.05, 3.63) is 39.9 Å². The van der Waals surface area contributed by atoms with Gasteiger partial charge >= 0.3 is 5.97 Å². The summed E-state index contributed by atoms with van der Waals surface area (Å²) in [6, 6.07) is 5.02. The molecule has 1 aromatic rings. The molecule has 112 valence electrons. The maximum atomic E-state index is 12.1. The van der Waals surface area contributed by atoms with Crippen molar-refractivity contribution >= 4 is 41.2 Å². The molecule has 0 saturated carbocycles. The van der Waals surface area contributed by atoms with Crippen LogP contribution in [0.25, 0.3) is 6.08 Å². The number of piperidine rings is 1. The number of hydrogen-bond donors (Lipinski definition) is 1. The Bertz CT molecular complexity index is 566. The summed E-state index contributed by atoms with van der Waals surface area (Å²) < 4.78 is 0. The van der Waals surface area contributed by atoms with Crippen LogP contribution in [0.15, 0.2) is 24.3 Å². The molecular formula is C15H15Cl2NO3. The summed E-state index contributed by atoms with van der Waals surface area (Å²) in [7, 11) is 0. The van der Waals surface area contributed by atoms with E-state index in [1.807, 2.05) is 0 Å². The van der Waals surface area contributed by atoms with E-state index in [0.29, 0.717) is 29.4 Å². The van der Waals surface area contributed by atoms with Crippen molar-refractivity contribution in [2.24, 2.45) is 5.92 Å². The molecule has 21 heavy (non-hydrogen) atoms. The van der Waals surface area contributed by atoms with E-state index in [4.69, 9.17) is 28.3 Å². The normalized spacial score (nSPS) is 19.0. The Kier molecular flexibility index (Phi) is 5.26. The van der Waals surface area contributed by atoms with E-state index in [0.717, 1.165) is 5.56 Å². The second-order valence-corrected chi connectivity index (χ2v) is 5.87. The fraction of sp³-hybridized carbons (Fsp3) is 0.333. The quantitative estimate of drug-likeness (QED) is 0.866. The highest BCUT2D eigenvalue weighted by molar-refractivity contribution is 6.34. The van der Waals surface area contributed by atoms with Crippen molar-refractivity contribution in [2.75, 3.05) is 13.1 Å². The number of hydrogen-bond acceptors (Lipinski definition) is 2. The zero-order valence-corrected chi connectivity index (χ0v) is 12.8. The van der Waals surface area contributed by atoms with Crippen LogP contribution in [0.4, 0.5) is 0 Å². The minimum atomic E-state index is -0.849. The molecule has 0 unspecified atom stereocenters. The van der Waals surface area contributed by atoms with Crippen LogP contribution in [0, 0.1) is 5.92 Å². The number of aliphatic carboxylic acids is 1. The summed E-state index contributed by atoms with van der Waals surface area (Å²) in [6.45, 7) is 0.845. The third kappa shape index (κ3) is 4.48. The molecule has 0 aromatic heterocycles. The van der Waals surface area contributed by atoms with Crippen LogP contribution in [-0.2, 0) is 9.59 Å². The third-order valence-corrected chi connectivity index (χ3v) is 3.82. The van der Waals surface area contributed by atoms with E-state index in [9.17, 15) is 9.59 Å². The van der Waals surface area contributed by atoms with Gasteiger partial charge in [-0.15, -0.1) is 0 Å². The Hall–Kier alpha value is -1.52. The van der Waals surface area contributed by atoms with E-state index in [2.05, 4.69) is 0 Å². The number of halogens is 2. The molecule has 0 radical (unpaired) electrons. The number of carbonyl (C=O) groups excluding carboxylic acids is 1. The van der Waals surface area contributed by atoms with Crippen LogP contribution in [0.3, 0.4) is 0 Å². The van der Waals surface area contributed by atoms with Gasteiger partial charge in [-0.2, -0.15) is 0 Å². The Labute approximate surface area is 133 Å². The van der Waals surface area contributed by atoms with Crippen molar-refractivity contribution < 1.29 is 14.7 Å². The Balaban J connectivity index is 2.03. The summed E-state index contributed by atoms with van der Waals surface area (Å²) >= 11 is 11.8. The monoisotopic (exact) mass is 327 g/mol. The molecule has 0 bridgehead atoms. The summed E-state index contributed by atoms with van der Waals surface area (Å²) in [5.74, 6) is -1.52. The molecule has 1 saturated heterocycles. The summed E-state index contributed by atoms with van der Waals surface area (Å²) in [5, 5.41) is 10.0. The second-order valence-electron chi connectivity index (χ2n) is 5.00. The molecular weight excluding hydrogens is 313 g/mol. The van der Waals surface area contributed by atoms with Crippen LogP contribution in [0.1, 0.15) is 18.4 Å². The minimum Gasteiger partial charge on any atom is -0.481 e.